The third-order valence-electron chi connectivity index (χ3n) is 1.16. The molecule has 0 amide bonds. The molecular weight excluding hydrogens is 146 g/mol. The third kappa shape index (κ3) is 2.57. The number of allylic oxidation sites excluding steroid dienone is 1. The van der Waals surface area contributed by atoms with Crippen molar-refractivity contribution >= 4 is 5.78 Å². The number of rotatable bonds is 3. The lowest BCUT2D eigenvalue weighted by Gasteiger charge is -2.15. The van der Waals surface area contributed by atoms with E-state index in [0.717, 1.165) is 5.01 Å². The Morgan fingerprint density at radius 2 is 2.09 bits per heavy atom. The summed E-state index contributed by atoms with van der Waals surface area (Å²) in [7, 11) is 1.49. The summed E-state index contributed by atoms with van der Waals surface area (Å²) in [5.41, 5.74) is 5.54. The van der Waals surface area contributed by atoms with E-state index in [4.69, 9.17) is 16.7 Å². The van der Waals surface area contributed by atoms with Gasteiger partial charge in [-0.15, -0.1) is 0 Å². The van der Waals surface area contributed by atoms with Crippen LogP contribution in [0, 0.1) is 0 Å². The first-order valence-corrected chi connectivity index (χ1v) is 3.09. The van der Waals surface area contributed by atoms with Crippen LogP contribution in [0.1, 0.15) is 6.92 Å². The smallest absolute Gasteiger partial charge is 0.179 e. The number of nitrogens with zero attached hydrogens (tertiary/aromatic N) is 1. The molecule has 5 nitrogen and oxygen atoms in total. The number of carbonyl (C=O) groups is 1. The van der Waals surface area contributed by atoms with Gasteiger partial charge in [-0.1, -0.05) is 0 Å². The zero-order valence-corrected chi connectivity index (χ0v) is 6.66. The molecule has 0 radical (unpaired) electrons. The van der Waals surface area contributed by atoms with Crippen molar-refractivity contribution in [2.24, 2.45) is 11.6 Å². The zero-order valence-electron chi connectivity index (χ0n) is 6.66. The number of hydrazine groups is 1. The Hall–Kier alpha value is -1.07. The van der Waals surface area contributed by atoms with Gasteiger partial charge in [-0.2, -0.15) is 0 Å². The molecular formula is C6H13N3O2. The second-order valence-electron chi connectivity index (χ2n) is 2.20. The number of ketones is 1. The standard InChI is InChI=1S/C6H13N3O2/c1-4(11)6(9(2)8)5(7)3-10/h10H,3,7-8H2,1-2H3/b6-5-. The predicted molar refractivity (Wildman–Crippen MR) is 40.9 cm³/mol. The molecule has 0 spiro atoms. The van der Waals surface area contributed by atoms with Gasteiger partial charge in [-0.25, -0.2) is 5.84 Å². The minimum atomic E-state index is -0.365. The van der Waals surface area contributed by atoms with Crippen LogP contribution in [0.25, 0.3) is 0 Å². The number of Topliss-reactive ketones (excluding diaryl/α,β-unsaturated/α-hetero) is 1. The summed E-state index contributed by atoms with van der Waals surface area (Å²) in [4.78, 5) is 10.8. The number of hydrogen-bond acceptors (Lipinski definition) is 5. The normalized spacial score (nSPS) is 12.4. The highest BCUT2D eigenvalue weighted by molar-refractivity contribution is 5.93. The van der Waals surface area contributed by atoms with Gasteiger partial charge in [0.2, 0.25) is 0 Å². The molecule has 0 aliphatic heterocycles. The van der Waals surface area contributed by atoms with Crippen molar-refractivity contribution in [2.75, 3.05) is 13.7 Å². The van der Waals surface area contributed by atoms with Crippen LogP contribution in [-0.4, -0.2) is 29.6 Å². The van der Waals surface area contributed by atoms with Gasteiger partial charge >= 0.3 is 0 Å². The van der Waals surface area contributed by atoms with Crippen LogP contribution < -0.4 is 11.6 Å². The van der Waals surface area contributed by atoms with E-state index in [1.807, 2.05) is 0 Å². The molecule has 0 aromatic carbocycles. The number of aliphatic hydroxyl groups excluding tert-OH is 1. The molecule has 0 heterocycles. The molecule has 0 aromatic rings. The Morgan fingerprint density at radius 1 is 1.64 bits per heavy atom. The molecule has 0 aliphatic rings. The van der Waals surface area contributed by atoms with Crippen LogP contribution >= 0.6 is 0 Å². The van der Waals surface area contributed by atoms with E-state index >= 15 is 0 Å². The highest BCUT2D eigenvalue weighted by atomic mass is 16.3. The summed E-state index contributed by atoms with van der Waals surface area (Å²) in [6.45, 7) is 0.970. The monoisotopic (exact) mass is 159 g/mol. The van der Waals surface area contributed by atoms with Crippen LogP contribution in [0.2, 0.25) is 0 Å². The average molecular weight is 159 g/mol. The van der Waals surface area contributed by atoms with Gasteiger partial charge in [-0.3, -0.25) is 4.79 Å². The van der Waals surface area contributed by atoms with E-state index in [9.17, 15) is 4.79 Å². The fraction of sp³-hybridized carbons (Fsp3) is 0.500. The quantitative estimate of drug-likeness (QED) is 0.266. The second kappa shape index (κ2) is 3.95. The topological polar surface area (TPSA) is 92.6 Å². The van der Waals surface area contributed by atoms with Crippen LogP contribution in [-0.2, 0) is 4.79 Å². The van der Waals surface area contributed by atoms with Crippen LogP contribution in [0.5, 0.6) is 0 Å². The Morgan fingerprint density at radius 3 is 2.18 bits per heavy atom. The largest absolute Gasteiger partial charge is 0.398 e. The van der Waals surface area contributed by atoms with Crippen LogP contribution in [0.15, 0.2) is 11.4 Å². The molecule has 0 rings (SSSR count). The minimum Gasteiger partial charge on any atom is -0.398 e. The Kier molecular flexibility index (Phi) is 3.56. The summed E-state index contributed by atoms with van der Waals surface area (Å²) >= 11 is 0. The molecule has 0 aliphatic carbocycles. The van der Waals surface area contributed by atoms with Crippen molar-refractivity contribution in [3.05, 3.63) is 11.4 Å². The fourth-order valence-corrected chi connectivity index (χ4v) is 0.776. The maximum atomic E-state index is 10.8. The number of carbonyl (C=O) groups excluding carboxylic acids is 1. The van der Waals surface area contributed by atoms with E-state index in [1.54, 1.807) is 0 Å². The van der Waals surface area contributed by atoms with Crippen LogP contribution in [0.3, 0.4) is 0 Å². The lowest BCUT2D eigenvalue weighted by atomic mass is 10.2. The first kappa shape index (κ1) is 9.93. The molecule has 0 unspecified atom stereocenters. The van der Waals surface area contributed by atoms with Crippen molar-refractivity contribution in [1.82, 2.24) is 5.01 Å². The summed E-state index contributed by atoms with van der Waals surface area (Å²) < 4.78 is 0. The maximum Gasteiger partial charge on any atom is 0.179 e. The van der Waals surface area contributed by atoms with E-state index in [1.165, 1.54) is 14.0 Å². The summed E-state index contributed by atoms with van der Waals surface area (Å²) in [6.07, 6.45) is 0. The molecule has 5 heteroatoms. The molecule has 0 atom stereocenters. The predicted octanol–water partition coefficient (Wildman–Crippen LogP) is -1.46. The molecule has 0 aromatic heterocycles. The SMILES string of the molecule is CC(=O)/C(=C(/N)CO)N(C)N. The molecule has 0 bridgehead atoms. The lowest BCUT2D eigenvalue weighted by Crippen LogP contribution is -2.32. The van der Waals surface area contributed by atoms with E-state index in [2.05, 4.69) is 0 Å². The molecule has 64 valence electrons. The lowest BCUT2D eigenvalue weighted by molar-refractivity contribution is -0.115. The summed E-state index contributed by atoms with van der Waals surface area (Å²) in [5.74, 6) is 5.02. The minimum absolute atomic E-state index is 0.0856. The highest BCUT2D eigenvalue weighted by Crippen LogP contribution is 2.00. The molecule has 11 heavy (non-hydrogen) atoms. The summed E-state index contributed by atoms with van der Waals surface area (Å²) in [6, 6.07) is 0. The van der Waals surface area contributed by atoms with E-state index < -0.39 is 0 Å². The molecule has 0 saturated heterocycles. The van der Waals surface area contributed by atoms with Crippen LogP contribution in [0.4, 0.5) is 0 Å². The van der Waals surface area contributed by atoms with Gasteiger partial charge < -0.3 is 15.8 Å². The van der Waals surface area contributed by atoms with Crippen molar-refractivity contribution < 1.29 is 9.90 Å². The van der Waals surface area contributed by atoms with E-state index in [-0.39, 0.29) is 23.8 Å². The van der Waals surface area contributed by atoms with Gasteiger partial charge in [0.1, 0.15) is 5.70 Å². The molecule has 0 saturated carbocycles. The maximum absolute atomic E-state index is 10.8. The Labute approximate surface area is 65.2 Å². The average Bonchev–Trinajstić information content (AvgIpc) is 1.85. The number of hydrogen-bond donors (Lipinski definition) is 3. The van der Waals surface area contributed by atoms with Crippen molar-refractivity contribution in [1.29, 1.82) is 0 Å². The fourth-order valence-electron chi connectivity index (χ4n) is 0.776. The summed E-state index contributed by atoms with van der Waals surface area (Å²) in [5, 5.41) is 9.68. The van der Waals surface area contributed by atoms with Gasteiger partial charge in [0.25, 0.3) is 0 Å². The van der Waals surface area contributed by atoms with E-state index in [0.29, 0.717) is 0 Å². The Bertz CT molecular complexity index is 186. The van der Waals surface area contributed by atoms with Gasteiger partial charge in [0.05, 0.1) is 12.3 Å². The van der Waals surface area contributed by atoms with Crippen molar-refractivity contribution in [3.8, 4) is 0 Å². The van der Waals surface area contributed by atoms with Gasteiger partial charge in [0.15, 0.2) is 5.78 Å². The molecule has 5 N–H and O–H groups in total. The van der Waals surface area contributed by atoms with Gasteiger partial charge in [0, 0.05) is 14.0 Å². The number of likely N-dealkylation sites (N-methyl/N-ethyl adjacent to an activating group) is 1. The number of nitrogens with two attached hydrogens (primary N) is 2. The van der Waals surface area contributed by atoms with Crippen molar-refractivity contribution in [2.45, 2.75) is 6.92 Å². The van der Waals surface area contributed by atoms with Crippen molar-refractivity contribution in [3.63, 3.8) is 0 Å². The Balaban J connectivity index is 4.73. The first-order chi connectivity index (χ1) is 5.00. The van der Waals surface area contributed by atoms with Gasteiger partial charge in [-0.05, 0) is 0 Å². The third-order valence-corrected chi connectivity index (χ3v) is 1.16. The zero-order chi connectivity index (χ0) is 9.02. The molecule has 0 fully saturated rings. The first-order valence-electron chi connectivity index (χ1n) is 3.09. The number of aliphatic hydroxyl groups is 1. The second-order valence-corrected chi connectivity index (χ2v) is 2.20. The highest BCUT2D eigenvalue weighted by Gasteiger charge is 2.10.